The number of carboxylic acids is 1. The second kappa shape index (κ2) is 6.99. The van der Waals surface area contributed by atoms with Crippen molar-refractivity contribution in [3.05, 3.63) is 64.0 Å². The molecule has 0 aliphatic rings. The van der Waals surface area contributed by atoms with Crippen LogP contribution in [0, 0.1) is 6.92 Å². The second-order valence-electron chi connectivity index (χ2n) is 5.78. The number of hydrogen-bond acceptors (Lipinski definition) is 3. The third kappa shape index (κ3) is 3.92. The number of carboxylic acid groups (broad SMARTS) is 1. The molecule has 3 rings (SSSR count). The molecule has 0 unspecified atom stereocenters. The first-order chi connectivity index (χ1) is 12.7. The number of carbonyl (C=O) groups is 2. The van der Waals surface area contributed by atoms with Gasteiger partial charge in [0.2, 0.25) is 0 Å². The monoisotopic (exact) mass is 394 g/mol. The smallest absolute Gasteiger partial charge is 0.416 e. The van der Waals surface area contributed by atoms with E-state index in [4.69, 9.17) is 5.11 Å². The predicted octanol–water partition coefficient (Wildman–Crippen LogP) is 3.86. The molecule has 3 aromatic rings. The van der Waals surface area contributed by atoms with Crippen molar-refractivity contribution in [3.63, 3.8) is 0 Å². The second-order valence-corrected chi connectivity index (χ2v) is 6.76. The summed E-state index contributed by atoms with van der Waals surface area (Å²) in [5.74, 6) is -1.99. The van der Waals surface area contributed by atoms with Crippen molar-refractivity contribution in [1.82, 2.24) is 4.57 Å². The fourth-order valence-corrected chi connectivity index (χ4v) is 3.68. The Kier molecular flexibility index (Phi) is 4.88. The summed E-state index contributed by atoms with van der Waals surface area (Å²) >= 11 is 1.12. The van der Waals surface area contributed by atoms with Crippen LogP contribution < -0.4 is 4.80 Å². The van der Waals surface area contributed by atoms with E-state index in [0.717, 1.165) is 39.8 Å². The van der Waals surface area contributed by atoms with Gasteiger partial charge in [-0.2, -0.15) is 18.2 Å². The predicted molar refractivity (Wildman–Crippen MR) is 93.5 cm³/mol. The van der Waals surface area contributed by atoms with Gasteiger partial charge in [-0.25, -0.2) is 0 Å². The number of hydrogen-bond donors (Lipinski definition) is 1. The quantitative estimate of drug-likeness (QED) is 0.733. The Balaban J connectivity index is 2.14. The molecular weight excluding hydrogens is 381 g/mol. The van der Waals surface area contributed by atoms with E-state index in [0.29, 0.717) is 5.52 Å². The van der Waals surface area contributed by atoms with Crippen molar-refractivity contribution in [1.29, 1.82) is 0 Å². The minimum atomic E-state index is -4.58. The number of benzene rings is 2. The lowest BCUT2D eigenvalue weighted by atomic mass is 10.1. The normalized spacial score (nSPS) is 12.5. The minimum Gasteiger partial charge on any atom is -0.480 e. The molecule has 0 atom stereocenters. The summed E-state index contributed by atoms with van der Waals surface area (Å²) in [6, 6.07) is 9.25. The maximum absolute atomic E-state index is 12.8. The number of aliphatic carboxylic acids is 1. The van der Waals surface area contributed by atoms with E-state index in [1.54, 1.807) is 12.1 Å². The van der Waals surface area contributed by atoms with E-state index in [1.165, 1.54) is 10.6 Å². The summed E-state index contributed by atoms with van der Waals surface area (Å²) < 4.78 is 40.6. The highest BCUT2D eigenvalue weighted by Gasteiger charge is 2.30. The first kappa shape index (κ1) is 18.8. The van der Waals surface area contributed by atoms with E-state index < -0.39 is 30.2 Å². The van der Waals surface area contributed by atoms with E-state index in [1.807, 2.05) is 13.0 Å². The van der Waals surface area contributed by atoms with E-state index in [-0.39, 0.29) is 10.4 Å². The average Bonchev–Trinajstić information content (AvgIpc) is 2.93. The highest BCUT2D eigenvalue weighted by Crippen LogP contribution is 2.29. The van der Waals surface area contributed by atoms with Crippen LogP contribution in [-0.4, -0.2) is 21.6 Å². The Morgan fingerprint density at radius 3 is 2.56 bits per heavy atom. The number of amides is 1. The standard InChI is InChI=1S/C18H13F3N2O3S/c1-10-4-2-7-13-15(10)27-17(23(13)9-14(24)25)22-16(26)11-5-3-6-12(8-11)18(19,20)21/h2-8H,9H2,1H3,(H,24,25)/b22-17-. The molecule has 0 aliphatic heterocycles. The van der Waals surface area contributed by atoms with Gasteiger partial charge >= 0.3 is 12.1 Å². The third-order valence-corrected chi connectivity index (χ3v) is 5.06. The highest BCUT2D eigenvalue weighted by molar-refractivity contribution is 7.16. The van der Waals surface area contributed by atoms with Crippen molar-refractivity contribution in [2.24, 2.45) is 4.99 Å². The molecule has 0 spiro atoms. The van der Waals surface area contributed by atoms with Gasteiger partial charge in [-0.1, -0.05) is 29.5 Å². The highest BCUT2D eigenvalue weighted by atomic mass is 32.1. The number of fused-ring (bicyclic) bond motifs is 1. The number of alkyl halides is 3. The van der Waals surface area contributed by atoms with Gasteiger partial charge in [-0.3, -0.25) is 9.59 Å². The zero-order chi connectivity index (χ0) is 19.8. The molecule has 27 heavy (non-hydrogen) atoms. The lowest BCUT2D eigenvalue weighted by molar-refractivity contribution is -0.138. The first-order valence-electron chi connectivity index (χ1n) is 7.74. The van der Waals surface area contributed by atoms with Crippen LogP contribution in [0.5, 0.6) is 0 Å². The maximum Gasteiger partial charge on any atom is 0.416 e. The lowest BCUT2D eigenvalue weighted by Crippen LogP contribution is -2.21. The van der Waals surface area contributed by atoms with Crippen LogP contribution in [0.15, 0.2) is 47.5 Å². The minimum absolute atomic E-state index is 0.115. The van der Waals surface area contributed by atoms with Gasteiger partial charge in [-0.05, 0) is 36.8 Å². The fourth-order valence-electron chi connectivity index (χ4n) is 2.58. The van der Waals surface area contributed by atoms with Crippen LogP contribution in [-0.2, 0) is 17.5 Å². The summed E-state index contributed by atoms with van der Waals surface area (Å²) in [4.78, 5) is 27.6. The molecule has 0 saturated heterocycles. The molecule has 140 valence electrons. The molecule has 1 aromatic heterocycles. The molecule has 0 fully saturated rings. The van der Waals surface area contributed by atoms with Crippen LogP contribution in [0.25, 0.3) is 10.2 Å². The van der Waals surface area contributed by atoms with Gasteiger partial charge in [0.25, 0.3) is 5.91 Å². The number of carbonyl (C=O) groups excluding carboxylic acids is 1. The van der Waals surface area contributed by atoms with Gasteiger partial charge in [0, 0.05) is 5.56 Å². The SMILES string of the molecule is Cc1cccc2c1s/c(=N\C(=O)c1cccc(C(F)(F)F)c1)n2CC(=O)O. The van der Waals surface area contributed by atoms with E-state index in [9.17, 15) is 22.8 Å². The van der Waals surface area contributed by atoms with Crippen molar-refractivity contribution in [2.45, 2.75) is 19.6 Å². The largest absolute Gasteiger partial charge is 0.480 e. The fraction of sp³-hybridized carbons (Fsp3) is 0.167. The zero-order valence-electron chi connectivity index (χ0n) is 13.9. The van der Waals surface area contributed by atoms with Crippen LogP contribution in [0.4, 0.5) is 13.2 Å². The van der Waals surface area contributed by atoms with Crippen LogP contribution >= 0.6 is 11.3 Å². The van der Waals surface area contributed by atoms with Crippen LogP contribution in [0.3, 0.4) is 0 Å². The van der Waals surface area contributed by atoms with Gasteiger partial charge in [0.15, 0.2) is 4.80 Å². The molecule has 1 amide bonds. The Hall–Kier alpha value is -2.94. The van der Waals surface area contributed by atoms with Crippen LogP contribution in [0.1, 0.15) is 21.5 Å². The summed E-state index contributed by atoms with van der Waals surface area (Å²) in [5, 5.41) is 9.15. The molecule has 0 bridgehead atoms. The van der Waals surface area contributed by atoms with Gasteiger partial charge in [0.05, 0.1) is 15.8 Å². The van der Waals surface area contributed by atoms with Crippen molar-refractivity contribution < 1.29 is 27.9 Å². The Labute approximate surface area is 155 Å². The molecular formula is C18H13F3N2O3S. The number of aryl methyl sites for hydroxylation is 1. The Morgan fingerprint density at radius 2 is 1.89 bits per heavy atom. The summed E-state index contributed by atoms with van der Waals surface area (Å²) in [6.07, 6.45) is -4.58. The molecule has 2 aromatic carbocycles. The van der Waals surface area contributed by atoms with Crippen molar-refractivity contribution >= 4 is 33.4 Å². The Morgan fingerprint density at radius 1 is 1.19 bits per heavy atom. The summed E-state index contributed by atoms with van der Waals surface area (Å²) in [7, 11) is 0. The molecule has 1 heterocycles. The number of rotatable bonds is 3. The summed E-state index contributed by atoms with van der Waals surface area (Å²) in [6.45, 7) is 1.42. The number of thiazole rings is 1. The van der Waals surface area contributed by atoms with Gasteiger partial charge in [0.1, 0.15) is 6.54 Å². The summed E-state index contributed by atoms with van der Waals surface area (Å²) in [5.41, 5.74) is 0.303. The van der Waals surface area contributed by atoms with Crippen molar-refractivity contribution in [3.8, 4) is 0 Å². The average molecular weight is 394 g/mol. The van der Waals surface area contributed by atoms with E-state index in [2.05, 4.69) is 4.99 Å². The van der Waals surface area contributed by atoms with Crippen LogP contribution in [0.2, 0.25) is 0 Å². The number of nitrogens with zero attached hydrogens (tertiary/aromatic N) is 2. The number of aromatic nitrogens is 1. The number of halogens is 3. The topological polar surface area (TPSA) is 71.7 Å². The maximum atomic E-state index is 12.8. The molecule has 0 saturated carbocycles. The molecule has 0 radical (unpaired) electrons. The molecule has 5 nitrogen and oxygen atoms in total. The lowest BCUT2D eigenvalue weighted by Gasteiger charge is -2.06. The van der Waals surface area contributed by atoms with Gasteiger partial charge < -0.3 is 9.67 Å². The molecule has 0 aliphatic carbocycles. The first-order valence-corrected chi connectivity index (χ1v) is 8.55. The Bertz CT molecular complexity index is 1110. The van der Waals surface area contributed by atoms with Crippen molar-refractivity contribution in [2.75, 3.05) is 0 Å². The van der Waals surface area contributed by atoms with E-state index >= 15 is 0 Å². The molecule has 9 heteroatoms. The third-order valence-electron chi connectivity index (χ3n) is 3.83. The zero-order valence-corrected chi connectivity index (χ0v) is 14.8. The molecule has 1 N–H and O–H groups in total. The van der Waals surface area contributed by atoms with Gasteiger partial charge in [-0.15, -0.1) is 0 Å².